The van der Waals surface area contributed by atoms with Crippen molar-refractivity contribution < 1.29 is 4.74 Å². The highest BCUT2D eigenvalue weighted by atomic mass is 16.5. The average molecular weight is 232 g/mol. The lowest BCUT2D eigenvalue weighted by atomic mass is 10.1. The number of hydrogen-bond donors (Lipinski definition) is 1. The van der Waals surface area contributed by atoms with E-state index in [1.54, 1.807) is 7.11 Å². The zero-order valence-corrected chi connectivity index (χ0v) is 10.7. The number of aromatic nitrogens is 1. The second-order valence-electron chi connectivity index (χ2n) is 4.59. The summed E-state index contributed by atoms with van der Waals surface area (Å²) in [5, 5.41) is 4.76. The number of fused-ring (bicyclic) bond motifs is 1. The molecule has 0 unspecified atom stereocenters. The van der Waals surface area contributed by atoms with Gasteiger partial charge in [-0.05, 0) is 17.7 Å². The van der Waals surface area contributed by atoms with Gasteiger partial charge in [-0.25, -0.2) is 0 Å². The Labute approximate surface area is 102 Å². The van der Waals surface area contributed by atoms with E-state index >= 15 is 0 Å². The van der Waals surface area contributed by atoms with E-state index in [0.717, 1.165) is 6.54 Å². The van der Waals surface area contributed by atoms with Crippen LogP contribution in [0, 0.1) is 0 Å². The largest absolute Gasteiger partial charge is 0.364 e. The molecule has 0 aliphatic carbocycles. The molecule has 3 heteroatoms. The molecule has 1 N–H and O–H groups in total. The summed E-state index contributed by atoms with van der Waals surface area (Å²) in [6, 6.07) is 9.07. The summed E-state index contributed by atoms with van der Waals surface area (Å²) in [5.74, 6) is 0. The molecule has 1 aromatic carbocycles. The molecule has 0 aliphatic rings. The van der Waals surface area contributed by atoms with Crippen LogP contribution in [0.4, 0.5) is 0 Å². The summed E-state index contributed by atoms with van der Waals surface area (Å²) in [4.78, 5) is 0. The monoisotopic (exact) mass is 232 g/mol. The highest BCUT2D eigenvalue weighted by Crippen LogP contribution is 2.20. The number of methoxy groups -OCH3 is 1. The van der Waals surface area contributed by atoms with Crippen LogP contribution >= 0.6 is 0 Å². The number of rotatable bonds is 5. The third-order valence-corrected chi connectivity index (χ3v) is 2.87. The van der Waals surface area contributed by atoms with Gasteiger partial charge in [0.05, 0.1) is 5.52 Å². The lowest BCUT2D eigenvalue weighted by Gasteiger charge is -2.10. The van der Waals surface area contributed by atoms with Gasteiger partial charge in [0, 0.05) is 31.3 Å². The van der Waals surface area contributed by atoms with Crippen molar-refractivity contribution in [2.24, 2.45) is 0 Å². The fourth-order valence-corrected chi connectivity index (χ4v) is 2.01. The lowest BCUT2D eigenvalue weighted by Crippen LogP contribution is -2.21. The maximum Gasteiger partial charge on any atom is 0.122 e. The molecule has 0 spiro atoms. The molecular formula is C14H20N2O. The Hall–Kier alpha value is -1.32. The summed E-state index contributed by atoms with van der Waals surface area (Å²) in [7, 11) is 1.72. The lowest BCUT2D eigenvalue weighted by molar-refractivity contribution is 0.135. The van der Waals surface area contributed by atoms with Crippen LogP contribution in [0.3, 0.4) is 0 Å². The summed E-state index contributed by atoms with van der Waals surface area (Å²) in [6.07, 6.45) is 2.08. The normalized spacial score (nSPS) is 11.5. The van der Waals surface area contributed by atoms with Gasteiger partial charge in [-0.1, -0.05) is 26.0 Å². The Morgan fingerprint density at radius 3 is 2.82 bits per heavy atom. The Kier molecular flexibility index (Phi) is 3.82. The SMILES string of the molecule is COCn1ccc2c(CNC(C)C)cccc21. The van der Waals surface area contributed by atoms with Crippen LogP contribution in [0.5, 0.6) is 0 Å². The van der Waals surface area contributed by atoms with E-state index < -0.39 is 0 Å². The number of nitrogens with one attached hydrogen (secondary N) is 1. The van der Waals surface area contributed by atoms with Gasteiger partial charge in [0.2, 0.25) is 0 Å². The third-order valence-electron chi connectivity index (χ3n) is 2.87. The highest BCUT2D eigenvalue weighted by Gasteiger charge is 2.05. The second kappa shape index (κ2) is 5.34. The summed E-state index contributed by atoms with van der Waals surface area (Å²) in [6.45, 7) is 5.84. The van der Waals surface area contributed by atoms with Crippen LogP contribution in [0.25, 0.3) is 10.9 Å². The van der Waals surface area contributed by atoms with E-state index in [1.165, 1.54) is 16.5 Å². The van der Waals surface area contributed by atoms with Crippen molar-refractivity contribution in [1.82, 2.24) is 9.88 Å². The van der Waals surface area contributed by atoms with Gasteiger partial charge in [-0.3, -0.25) is 0 Å². The van der Waals surface area contributed by atoms with Crippen LogP contribution < -0.4 is 5.32 Å². The predicted molar refractivity (Wildman–Crippen MR) is 70.9 cm³/mol. The molecule has 0 bridgehead atoms. The van der Waals surface area contributed by atoms with Gasteiger partial charge >= 0.3 is 0 Å². The average Bonchev–Trinajstić information content (AvgIpc) is 2.71. The smallest absolute Gasteiger partial charge is 0.122 e. The van der Waals surface area contributed by atoms with Gasteiger partial charge in [-0.2, -0.15) is 0 Å². The molecule has 0 aliphatic heterocycles. The topological polar surface area (TPSA) is 26.2 Å². The zero-order valence-electron chi connectivity index (χ0n) is 10.7. The van der Waals surface area contributed by atoms with E-state index in [0.29, 0.717) is 12.8 Å². The Balaban J connectivity index is 2.31. The van der Waals surface area contributed by atoms with Crippen LogP contribution in [0.2, 0.25) is 0 Å². The Morgan fingerprint density at radius 1 is 1.29 bits per heavy atom. The number of nitrogens with zero attached hydrogens (tertiary/aromatic N) is 1. The maximum atomic E-state index is 5.18. The van der Waals surface area contributed by atoms with Crippen molar-refractivity contribution in [2.75, 3.05) is 7.11 Å². The molecule has 17 heavy (non-hydrogen) atoms. The molecule has 92 valence electrons. The number of hydrogen-bond acceptors (Lipinski definition) is 2. The minimum atomic E-state index is 0.506. The summed E-state index contributed by atoms with van der Waals surface area (Å²) >= 11 is 0. The molecule has 1 heterocycles. The Bertz CT molecular complexity index is 488. The van der Waals surface area contributed by atoms with Gasteiger partial charge in [-0.15, -0.1) is 0 Å². The summed E-state index contributed by atoms with van der Waals surface area (Å²) < 4.78 is 7.30. The Morgan fingerprint density at radius 2 is 2.12 bits per heavy atom. The van der Waals surface area contributed by atoms with Crippen LogP contribution in [-0.2, 0) is 18.0 Å². The summed E-state index contributed by atoms with van der Waals surface area (Å²) in [5.41, 5.74) is 2.57. The first-order chi connectivity index (χ1) is 8.22. The van der Waals surface area contributed by atoms with E-state index in [4.69, 9.17) is 4.74 Å². The van der Waals surface area contributed by atoms with E-state index in [2.05, 4.69) is 54.2 Å². The quantitative estimate of drug-likeness (QED) is 0.858. The van der Waals surface area contributed by atoms with E-state index in [-0.39, 0.29) is 0 Å². The molecule has 0 saturated carbocycles. The van der Waals surface area contributed by atoms with Crippen LogP contribution in [-0.4, -0.2) is 17.7 Å². The minimum absolute atomic E-state index is 0.506. The first-order valence-corrected chi connectivity index (χ1v) is 6.01. The molecule has 2 rings (SSSR count). The molecule has 0 atom stereocenters. The van der Waals surface area contributed by atoms with Gasteiger partial charge in [0.25, 0.3) is 0 Å². The second-order valence-corrected chi connectivity index (χ2v) is 4.59. The van der Waals surface area contributed by atoms with E-state index in [9.17, 15) is 0 Å². The molecule has 0 saturated heterocycles. The highest BCUT2D eigenvalue weighted by molar-refractivity contribution is 5.83. The first-order valence-electron chi connectivity index (χ1n) is 6.01. The van der Waals surface area contributed by atoms with Crippen LogP contribution in [0.15, 0.2) is 30.5 Å². The van der Waals surface area contributed by atoms with Crippen molar-refractivity contribution in [2.45, 2.75) is 33.2 Å². The molecule has 0 amide bonds. The molecule has 2 aromatic rings. The minimum Gasteiger partial charge on any atom is -0.364 e. The fraction of sp³-hybridized carbons (Fsp3) is 0.429. The first kappa shape index (κ1) is 12.1. The molecule has 1 aromatic heterocycles. The van der Waals surface area contributed by atoms with Crippen molar-refractivity contribution >= 4 is 10.9 Å². The number of ether oxygens (including phenoxy) is 1. The third kappa shape index (κ3) is 2.68. The van der Waals surface area contributed by atoms with Gasteiger partial charge in [0.1, 0.15) is 6.73 Å². The molecular weight excluding hydrogens is 212 g/mol. The van der Waals surface area contributed by atoms with Crippen molar-refractivity contribution in [3.63, 3.8) is 0 Å². The number of benzene rings is 1. The van der Waals surface area contributed by atoms with Crippen molar-refractivity contribution in [1.29, 1.82) is 0 Å². The molecule has 3 nitrogen and oxygen atoms in total. The predicted octanol–water partition coefficient (Wildman–Crippen LogP) is 2.74. The molecule has 0 radical (unpaired) electrons. The molecule has 0 fully saturated rings. The van der Waals surface area contributed by atoms with Crippen molar-refractivity contribution in [3.8, 4) is 0 Å². The van der Waals surface area contributed by atoms with E-state index in [1.807, 2.05) is 0 Å². The standard InChI is InChI=1S/C14H20N2O/c1-11(2)15-9-12-5-4-6-14-13(12)7-8-16(14)10-17-3/h4-8,11,15H,9-10H2,1-3H3. The van der Waals surface area contributed by atoms with Gasteiger partial charge < -0.3 is 14.6 Å². The van der Waals surface area contributed by atoms with Gasteiger partial charge in [0.15, 0.2) is 0 Å². The van der Waals surface area contributed by atoms with Crippen LogP contribution in [0.1, 0.15) is 19.4 Å². The zero-order chi connectivity index (χ0) is 12.3. The van der Waals surface area contributed by atoms with Crippen molar-refractivity contribution in [3.05, 3.63) is 36.0 Å². The maximum absolute atomic E-state index is 5.18. The fourth-order valence-electron chi connectivity index (χ4n) is 2.01.